The number of aliphatic hydroxyl groups is 1. The van der Waals surface area contributed by atoms with E-state index in [0.717, 1.165) is 19.3 Å². The van der Waals surface area contributed by atoms with Gasteiger partial charge in [-0.15, -0.1) is 0 Å². The Bertz CT molecular complexity index is 104. The van der Waals surface area contributed by atoms with Gasteiger partial charge >= 0.3 is 0 Å². The largest absolute Gasteiger partial charge is 0.390 e. The zero-order valence-corrected chi connectivity index (χ0v) is 12.4. The summed E-state index contributed by atoms with van der Waals surface area (Å²) in [5.74, 6) is 0. The molecular formula is C13H28OTi. The van der Waals surface area contributed by atoms with Gasteiger partial charge in [-0.05, 0) is 19.3 Å². The summed E-state index contributed by atoms with van der Waals surface area (Å²) >= 11 is 0. The van der Waals surface area contributed by atoms with Crippen LogP contribution in [0, 0.1) is 0 Å². The van der Waals surface area contributed by atoms with E-state index in [-0.39, 0.29) is 27.3 Å². The summed E-state index contributed by atoms with van der Waals surface area (Å²) in [5.41, 5.74) is -0.345. The topological polar surface area (TPSA) is 20.2 Å². The minimum Gasteiger partial charge on any atom is -0.390 e. The second kappa shape index (κ2) is 11.2. The van der Waals surface area contributed by atoms with E-state index in [0.29, 0.717) is 0 Å². The van der Waals surface area contributed by atoms with Crippen molar-refractivity contribution in [1.82, 2.24) is 0 Å². The summed E-state index contributed by atoms with van der Waals surface area (Å²) in [6, 6.07) is 0. The zero-order chi connectivity index (χ0) is 10.9. The van der Waals surface area contributed by atoms with E-state index in [1.165, 1.54) is 38.5 Å². The molecule has 0 heterocycles. The number of unbranched alkanes of at least 4 members (excludes halogenated alkanes) is 3. The van der Waals surface area contributed by atoms with Gasteiger partial charge in [0.05, 0.1) is 5.60 Å². The van der Waals surface area contributed by atoms with Crippen LogP contribution < -0.4 is 0 Å². The first-order chi connectivity index (χ1) is 6.68. The Morgan fingerprint density at radius 2 is 1.00 bits per heavy atom. The molecule has 0 aromatic heterocycles. The van der Waals surface area contributed by atoms with Crippen LogP contribution in [0.3, 0.4) is 0 Å². The standard InChI is InChI=1S/C13H28O.Ti/c1-4-7-10-13(14,11-8-5-2)12-9-6-3;/h14H,4-12H2,1-3H3;. The van der Waals surface area contributed by atoms with Crippen LogP contribution in [0.15, 0.2) is 0 Å². The van der Waals surface area contributed by atoms with Crippen molar-refractivity contribution < 1.29 is 26.8 Å². The van der Waals surface area contributed by atoms with Crippen LogP contribution in [-0.4, -0.2) is 10.7 Å². The number of hydrogen-bond donors (Lipinski definition) is 1. The van der Waals surface area contributed by atoms with E-state index in [1.54, 1.807) is 0 Å². The maximum Gasteiger partial charge on any atom is 0.0647 e. The Hall–Kier alpha value is 0.674. The summed E-state index contributed by atoms with van der Waals surface area (Å²) in [6.45, 7) is 6.58. The SMILES string of the molecule is CCCCC(O)(CCCC)CCCC.[Ti]. The molecule has 15 heavy (non-hydrogen) atoms. The molecule has 0 aliphatic rings. The molecule has 0 saturated carbocycles. The Morgan fingerprint density at radius 1 is 0.733 bits per heavy atom. The fourth-order valence-corrected chi connectivity index (χ4v) is 1.89. The normalized spacial score (nSPS) is 11.2. The molecule has 0 aliphatic carbocycles. The third-order valence-electron chi connectivity index (χ3n) is 2.99. The van der Waals surface area contributed by atoms with Crippen LogP contribution in [0.4, 0.5) is 0 Å². The van der Waals surface area contributed by atoms with Crippen molar-refractivity contribution in [3.05, 3.63) is 0 Å². The van der Waals surface area contributed by atoms with Gasteiger partial charge in [0, 0.05) is 21.7 Å². The van der Waals surface area contributed by atoms with E-state index < -0.39 is 0 Å². The van der Waals surface area contributed by atoms with Crippen LogP contribution in [0.25, 0.3) is 0 Å². The van der Waals surface area contributed by atoms with Gasteiger partial charge in [-0.3, -0.25) is 0 Å². The molecule has 0 spiro atoms. The smallest absolute Gasteiger partial charge is 0.0647 e. The molecule has 0 aromatic rings. The molecule has 0 atom stereocenters. The first kappa shape index (κ1) is 18.1. The number of rotatable bonds is 9. The molecule has 2 heteroatoms. The minimum atomic E-state index is -0.345. The fourth-order valence-electron chi connectivity index (χ4n) is 1.89. The quantitative estimate of drug-likeness (QED) is 0.603. The van der Waals surface area contributed by atoms with Gasteiger partial charge in [0.15, 0.2) is 0 Å². The molecule has 1 N–H and O–H groups in total. The molecule has 0 fully saturated rings. The van der Waals surface area contributed by atoms with E-state index in [1.807, 2.05) is 0 Å². The predicted molar refractivity (Wildman–Crippen MR) is 63.5 cm³/mol. The van der Waals surface area contributed by atoms with Gasteiger partial charge in [-0.1, -0.05) is 59.3 Å². The third-order valence-corrected chi connectivity index (χ3v) is 2.99. The Kier molecular flexibility index (Phi) is 13.4. The summed E-state index contributed by atoms with van der Waals surface area (Å²) in [6.07, 6.45) is 10.1. The Labute approximate surface area is 111 Å². The Morgan fingerprint density at radius 3 is 1.20 bits per heavy atom. The van der Waals surface area contributed by atoms with Gasteiger partial charge in [-0.2, -0.15) is 0 Å². The zero-order valence-electron chi connectivity index (χ0n) is 10.8. The van der Waals surface area contributed by atoms with E-state index in [4.69, 9.17) is 0 Å². The minimum absolute atomic E-state index is 0. The molecule has 0 aromatic carbocycles. The van der Waals surface area contributed by atoms with Gasteiger partial charge < -0.3 is 5.11 Å². The molecule has 0 amide bonds. The van der Waals surface area contributed by atoms with Crippen LogP contribution in [-0.2, 0) is 21.7 Å². The van der Waals surface area contributed by atoms with Crippen molar-refractivity contribution in [1.29, 1.82) is 0 Å². The summed E-state index contributed by atoms with van der Waals surface area (Å²) in [7, 11) is 0. The van der Waals surface area contributed by atoms with Gasteiger partial charge in [0.25, 0.3) is 0 Å². The predicted octanol–water partition coefficient (Wildman–Crippen LogP) is 4.29. The number of hydrogen-bond acceptors (Lipinski definition) is 1. The maximum atomic E-state index is 10.4. The van der Waals surface area contributed by atoms with Crippen LogP contribution in [0.1, 0.15) is 78.6 Å². The molecule has 1 nitrogen and oxygen atoms in total. The summed E-state index contributed by atoms with van der Waals surface area (Å²) in [4.78, 5) is 0. The van der Waals surface area contributed by atoms with Crippen molar-refractivity contribution in [2.24, 2.45) is 0 Å². The monoisotopic (exact) mass is 248 g/mol. The molecule has 0 bridgehead atoms. The fraction of sp³-hybridized carbons (Fsp3) is 1.00. The first-order valence-electron chi connectivity index (χ1n) is 6.41. The van der Waals surface area contributed by atoms with Crippen molar-refractivity contribution >= 4 is 0 Å². The van der Waals surface area contributed by atoms with Gasteiger partial charge in [0.1, 0.15) is 0 Å². The van der Waals surface area contributed by atoms with E-state index >= 15 is 0 Å². The van der Waals surface area contributed by atoms with Crippen molar-refractivity contribution in [3.8, 4) is 0 Å². The van der Waals surface area contributed by atoms with E-state index in [9.17, 15) is 5.11 Å². The van der Waals surface area contributed by atoms with Crippen molar-refractivity contribution in [2.75, 3.05) is 0 Å². The maximum absolute atomic E-state index is 10.4. The molecule has 0 unspecified atom stereocenters. The van der Waals surface area contributed by atoms with Crippen LogP contribution in [0.5, 0.6) is 0 Å². The van der Waals surface area contributed by atoms with Crippen LogP contribution >= 0.6 is 0 Å². The molecule has 90 valence electrons. The molecular weight excluding hydrogens is 220 g/mol. The van der Waals surface area contributed by atoms with Crippen molar-refractivity contribution in [2.45, 2.75) is 84.2 Å². The van der Waals surface area contributed by atoms with Crippen molar-refractivity contribution in [3.63, 3.8) is 0 Å². The second-order valence-corrected chi connectivity index (χ2v) is 4.54. The summed E-state index contributed by atoms with van der Waals surface area (Å²) < 4.78 is 0. The third kappa shape index (κ3) is 9.59. The van der Waals surface area contributed by atoms with E-state index in [2.05, 4.69) is 20.8 Å². The average molecular weight is 248 g/mol. The van der Waals surface area contributed by atoms with Gasteiger partial charge in [-0.25, -0.2) is 0 Å². The van der Waals surface area contributed by atoms with Crippen LogP contribution in [0.2, 0.25) is 0 Å². The second-order valence-electron chi connectivity index (χ2n) is 4.54. The Balaban J connectivity index is 0. The molecule has 0 rings (SSSR count). The summed E-state index contributed by atoms with van der Waals surface area (Å²) in [5, 5.41) is 10.4. The molecule has 0 radical (unpaired) electrons. The molecule has 0 saturated heterocycles. The molecule has 0 aliphatic heterocycles. The van der Waals surface area contributed by atoms with Gasteiger partial charge in [0.2, 0.25) is 0 Å². The first-order valence-corrected chi connectivity index (χ1v) is 6.41. The average Bonchev–Trinajstić information content (AvgIpc) is 2.21.